The van der Waals surface area contributed by atoms with Crippen molar-refractivity contribution >= 4 is 11.8 Å². The maximum absolute atomic E-state index is 12.4. The van der Waals surface area contributed by atoms with E-state index in [9.17, 15) is 9.59 Å². The third-order valence-electron chi connectivity index (χ3n) is 4.68. The van der Waals surface area contributed by atoms with E-state index in [0.717, 1.165) is 37.2 Å². The first-order valence-electron chi connectivity index (χ1n) is 9.16. The van der Waals surface area contributed by atoms with Gasteiger partial charge in [0.2, 0.25) is 5.91 Å². The van der Waals surface area contributed by atoms with E-state index in [1.165, 1.54) is 6.26 Å². The van der Waals surface area contributed by atoms with Crippen molar-refractivity contribution < 1.29 is 14.0 Å². The molecule has 1 N–H and O–H groups in total. The molecule has 2 amide bonds. The molecule has 0 aromatic carbocycles. The number of aryl methyl sites for hydroxylation is 3. The minimum absolute atomic E-state index is 0.00356. The topological polar surface area (TPSA) is 80.4 Å². The van der Waals surface area contributed by atoms with Gasteiger partial charge in [-0.2, -0.15) is 5.10 Å². The van der Waals surface area contributed by atoms with Crippen LogP contribution in [0.3, 0.4) is 0 Å². The minimum Gasteiger partial charge on any atom is -0.459 e. The third kappa shape index (κ3) is 4.53. The van der Waals surface area contributed by atoms with E-state index < -0.39 is 0 Å². The number of hydrogen-bond donors (Lipinski definition) is 1. The molecular weight excluding hydrogens is 332 g/mol. The fourth-order valence-corrected chi connectivity index (χ4v) is 3.43. The Balaban J connectivity index is 1.43. The fraction of sp³-hybridized carbons (Fsp3) is 0.526. The Morgan fingerprint density at radius 2 is 2.23 bits per heavy atom. The maximum atomic E-state index is 12.4. The van der Waals surface area contributed by atoms with Gasteiger partial charge >= 0.3 is 0 Å². The molecule has 0 saturated carbocycles. The molecule has 140 valence electrons. The van der Waals surface area contributed by atoms with Crippen LogP contribution in [0.15, 0.2) is 28.9 Å². The zero-order chi connectivity index (χ0) is 18.5. The van der Waals surface area contributed by atoms with Crippen molar-refractivity contribution in [2.24, 2.45) is 0 Å². The van der Waals surface area contributed by atoms with Gasteiger partial charge in [-0.05, 0) is 51.3 Å². The van der Waals surface area contributed by atoms with Crippen LogP contribution in [0, 0.1) is 13.8 Å². The number of hydrogen-bond acceptors (Lipinski definition) is 4. The third-order valence-corrected chi connectivity index (χ3v) is 4.68. The number of rotatable bonds is 6. The molecule has 1 saturated heterocycles. The summed E-state index contributed by atoms with van der Waals surface area (Å²) in [5, 5.41) is 7.47. The Kier molecular flexibility index (Phi) is 5.75. The molecule has 1 unspecified atom stereocenters. The second kappa shape index (κ2) is 8.21. The number of furan rings is 1. The van der Waals surface area contributed by atoms with Crippen LogP contribution >= 0.6 is 0 Å². The van der Waals surface area contributed by atoms with Gasteiger partial charge < -0.3 is 14.6 Å². The number of carbonyl (C=O) groups excluding carboxylic acids is 2. The molecule has 1 fully saturated rings. The first kappa shape index (κ1) is 18.2. The average molecular weight is 358 g/mol. The van der Waals surface area contributed by atoms with Crippen LogP contribution in [-0.2, 0) is 11.3 Å². The lowest BCUT2D eigenvalue weighted by atomic mass is 10.0. The van der Waals surface area contributed by atoms with Crippen molar-refractivity contribution in [1.82, 2.24) is 20.0 Å². The molecule has 0 bridgehead atoms. The molecule has 0 aliphatic carbocycles. The van der Waals surface area contributed by atoms with Crippen LogP contribution in [0.4, 0.5) is 0 Å². The normalized spacial score (nSPS) is 17.3. The summed E-state index contributed by atoms with van der Waals surface area (Å²) in [4.78, 5) is 26.4. The van der Waals surface area contributed by atoms with E-state index in [2.05, 4.69) is 10.4 Å². The largest absolute Gasteiger partial charge is 0.459 e. The van der Waals surface area contributed by atoms with Crippen molar-refractivity contribution in [3.05, 3.63) is 41.6 Å². The molecule has 3 heterocycles. The van der Waals surface area contributed by atoms with Gasteiger partial charge in [-0.25, -0.2) is 0 Å². The SMILES string of the molecule is Cc1cc(C)n(CCCC(=O)NC2CCCN(C(=O)c3ccco3)C2)n1. The summed E-state index contributed by atoms with van der Waals surface area (Å²) in [5.74, 6) is 0.268. The second-order valence-corrected chi connectivity index (χ2v) is 6.89. The van der Waals surface area contributed by atoms with E-state index >= 15 is 0 Å². The van der Waals surface area contributed by atoms with Crippen molar-refractivity contribution in [1.29, 1.82) is 0 Å². The summed E-state index contributed by atoms with van der Waals surface area (Å²) in [6.45, 7) is 5.95. The second-order valence-electron chi connectivity index (χ2n) is 6.89. The summed E-state index contributed by atoms with van der Waals surface area (Å²) in [7, 11) is 0. The summed E-state index contributed by atoms with van der Waals surface area (Å²) in [5.41, 5.74) is 2.11. The zero-order valence-electron chi connectivity index (χ0n) is 15.4. The molecule has 26 heavy (non-hydrogen) atoms. The predicted molar refractivity (Wildman–Crippen MR) is 96.7 cm³/mol. The lowest BCUT2D eigenvalue weighted by Gasteiger charge is -2.32. The van der Waals surface area contributed by atoms with Crippen LogP contribution < -0.4 is 5.32 Å². The smallest absolute Gasteiger partial charge is 0.289 e. The average Bonchev–Trinajstić information content (AvgIpc) is 3.24. The molecule has 2 aromatic rings. The molecule has 7 heteroatoms. The Morgan fingerprint density at radius 1 is 1.38 bits per heavy atom. The fourth-order valence-electron chi connectivity index (χ4n) is 3.43. The van der Waals surface area contributed by atoms with Crippen molar-refractivity contribution in [3.8, 4) is 0 Å². The summed E-state index contributed by atoms with van der Waals surface area (Å²) in [6.07, 6.45) is 4.48. The lowest BCUT2D eigenvalue weighted by Crippen LogP contribution is -2.49. The van der Waals surface area contributed by atoms with E-state index in [0.29, 0.717) is 25.3 Å². The molecule has 0 spiro atoms. The number of likely N-dealkylation sites (tertiary alicyclic amines) is 1. The lowest BCUT2D eigenvalue weighted by molar-refractivity contribution is -0.122. The van der Waals surface area contributed by atoms with Crippen molar-refractivity contribution in [2.75, 3.05) is 13.1 Å². The number of carbonyl (C=O) groups is 2. The van der Waals surface area contributed by atoms with E-state index in [4.69, 9.17) is 4.42 Å². The summed E-state index contributed by atoms with van der Waals surface area (Å²) < 4.78 is 7.12. The first-order valence-corrected chi connectivity index (χ1v) is 9.16. The quantitative estimate of drug-likeness (QED) is 0.859. The number of aromatic nitrogens is 2. The molecule has 0 radical (unpaired) electrons. The highest BCUT2D eigenvalue weighted by Gasteiger charge is 2.26. The van der Waals surface area contributed by atoms with Crippen LogP contribution in [-0.4, -0.2) is 45.6 Å². The highest BCUT2D eigenvalue weighted by molar-refractivity contribution is 5.91. The number of amides is 2. The molecule has 7 nitrogen and oxygen atoms in total. The number of nitrogens with one attached hydrogen (secondary N) is 1. The van der Waals surface area contributed by atoms with Crippen molar-refractivity contribution in [2.45, 2.75) is 52.1 Å². The van der Waals surface area contributed by atoms with Crippen LogP contribution in [0.1, 0.15) is 47.6 Å². The predicted octanol–water partition coefficient (Wildman–Crippen LogP) is 2.29. The molecule has 3 rings (SSSR count). The Hall–Kier alpha value is -2.57. The van der Waals surface area contributed by atoms with Gasteiger partial charge in [0.1, 0.15) is 0 Å². The standard InChI is InChI=1S/C19H26N4O3/c1-14-12-15(2)23(21-14)10-4-8-18(24)20-16-6-3-9-22(13-16)19(25)17-7-5-11-26-17/h5,7,11-12,16H,3-4,6,8-10,13H2,1-2H3,(H,20,24). The molecule has 1 aliphatic heterocycles. The molecule has 1 atom stereocenters. The van der Waals surface area contributed by atoms with Crippen molar-refractivity contribution in [3.63, 3.8) is 0 Å². The summed E-state index contributed by atoms with van der Waals surface area (Å²) >= 11 is 0. The zero-order valence-corrected chi connectivity index (χ0v) is 15.4. The Labute approximate surface area is 153 Å². The highest BCUT2D eigenvalue weighted by atomic mass is 16.3. The molecule has 1 aliphatic rings. The van der Waals surface area contributed by atoms with E-state index in [1.807, 2.05) is 24.6 Å². The Bertz CT molecular complexity index is 751. The van der Waals surface area contributed by atoms with Crippen LogP contribution in [0.5, 0.6) is 0 Å². The van der Waals surface area contributed by atoms with Crippen LogP contribution in [0.2, 0.25) is 0 Å². The maximum Gasteiger partial charge on any atom is 0.289 e. The van der Waals surface area contributed by atoms with E-state index in [1.54, 1.807) is 17.0 Å². The van der Waals surface area contributed by atoms with Crippen LogP contribution in [0.25, 0.3) is 0 Å². The molecular formula is C19H26N4O3. The minimum atomic E-state index is -0.113. The van der Waals surface area contributed by atoms with Gasteiger partial charge in [-0.3, -0.25) is 14.3 Å². The summed E-state index contributed by atoms with van der Waals surface area (Å²) in [6, 6.07) is 5.42. The monoisotopic (exact) mass is 358 g/mol. The highest BCUT2D eigenvalue weighted by Crippen LogP contribution is 2.14. The van der Waals surface area contributed by atoms with E-state index in [-0.39, 0.29) is 17.9 Å². The van der Waals surface area contributed by atoms with Gasteiger partial charge in [0, 0.05) is 37.8 Å². The van der Waals surface area contributed by atoms with Gasteiger partial charge in [-0.1, -0.05) is 0 Å². The number of nitrogens with zero attached hydrogens (tertiary/aromatic N) is 3. The first-order chi connectivity index (χ1) is 12.5. The Morgan fingerprint density at radius 3 is 2.92 bits per heavy atom. The number of piperidine rings is 1. The molecule has 2 aromatic heterocycles. The van der Waals surface area contributed by atoms with Gasteiger partial charge in [-0.15, -0.1) is 0 Å². The van der Waals surface area contributed by atoms with Gasteiger partial charge in [0.05, 0.1) is 12.0 Å². The van der Waals surface area contributed by atoms with Gasteiger partial charge in [0.25, 0.3) is 5.91 Å². The van der Waals surface area contributed by atoms with Gasteiger partial charge in [0.15, 0.2) is 5.76 Å².